The van der Waals surface area contributed by atoms with Gasteiger partial charge in [-0.05, 0) is 124 Å². The zero-order chi connectivity index (χ0) is 38.1. The largest absolute Gasteiger partial charge is 0.465 e. The summed E-state index contributed by atoms with van der Waals surface area (Å²) in [5.74, 6) is -6.21. The molecule has 4 fully saturated rings. The molecule has 12 heteroatoms. The fourth-order valence-corrected chi connectivity index (χ4v) is 6.03. The van der Waals surface area contributed by atoms with E-state index in [0.29, 0.717) is 19.8 Å². The van der Waals surface area contributed by atoms with Crippen LogP contribution in [-0.2, 0) is 38.1 Å². The van der Waals surface area contributed by atoms with Crippen molar-refractivity contribution in [1.29, 1.82) is 0 Å². The van der Waals surface area contributed by atoms with Crippen LogP contribution in [0.1, 0.15) is 140 Å². The Hall–Kier alpha value is -2.40. The van der Waals surface area contributed by atoms with Crippen molar-refractivity contribution in [1.82, 2.24) is 0 Å². The number of esters is 4. The van der Waals surface area contributed by atoms with Gasteiger partial charge in [0.15, 0.2) is 0 Å². The molecular weight excluding hydrogens is 648 g/mol. The highest BCUT2D eigenvalue weighted by Crippen LogP contribution is 2.57. The minimum atomic E-state index is -3.52. The third kappa shape index (κ3) is 14.8. The summed E-state index contributed by atoms with van der Waals surface area (Å²) >= 11 is 0. The van der Waals surface area contributed by atoms with Crippen molar-refractivity contribution >= 4 is 23.9 Å². The first-order valence-electron chi connectivity index (χ1n) is 17.7. The molecule has 0 saturated heterocycles. The van der Waals surface area contributed by atoms with E-state index in [4.69, 9.17) is 14.2 Å². The van der Waals surface area contributed by atoms with Crippen LogP contribution in [-0.4, -0.2) is 61.1 Å². The van der Waals surface area contributed by atoms with Gasteiger partial charge in [-0.1, -0.05) is 20.8 Å². The summed E-state index contributed by atoms with van der Waals surface area (Å²) in [6, 6.07) is 0. The molecule has 49 heavy (non-hydrogen) atoms. The third-order valence-electron chi connectivity index (χ3n) is 10.3. The van der Waals surface area contributed by atoms with Crippen molar-refractivity contribution in [3.05, 3.63) is 0 Å². The zero-order valence-electron chi connectivity index (χ0n) is 31.7. The molecule has 4 rings (SSSR count). The van der Waals surface area contributed by atoms with Crippen LogP contribution in [0.15, 0.2) is 0 Å². The van der Waals surface area contributed by atoms with Crippen LogP contribution in [0.4, 0.5) is 17.6 Å². The highest BCUT2D eigenvalue weighted by Gasteiger charge is 2.54. The molecule has 0 heterocycles. The number of alkyl halides is 4. The highest BCUT2D eigenvalue weighted by atomic mass is 19.3. The van der Waals surface area contributed by atoms with Crippen molar-refractivity contribution in [3.8, 4) is 0 Å². The molecule has 8 nitrogen and oxygen atoms in total. The summed E-state index contributed by atoms with van der Waals surface area (Å²) < 4.78 is 69.3. The van der Waals surface area contributed by atoms with Crippen molar-refractivity contribution in [2.24, 2.45) is 34.0 Å². The predicted octanol–water partition coefficient (Wildman–Crippen LogP) is 9.11. The molecule has 286 valence electrons. The van der Waals surface area contributed by atoms with Crippen LogP contribution in [0.25, 0.3) is 0 Å². The average molecular weight is 711 g/mol. The lowest BCUT2D eigenvalue weighted by Gasteiger charge is -2.56. The Morgan fingerprint density at radius 3 is 1.20 bits per heavy atom. The number of hydrogen-bond acceptors (Lipinski definition) is 8. The lowest BCUT2D eigenvalue weighted by molar-refractivity contribution is -0.196. The van der Waals surface area contributed by atoms with E-state index in [0.717, 1.165) is 50.4 Å². The van der Waals surface area contributed by atoms with E-state index in [1.54, 1.807) is 27.7 Å². The van der Waals surface area contributed by atoms with Crippen molar-refractivity contribution < 1.29 is 55.7 Å². The molecule has 0 unspecified atom stereocenters. The predicted molar refractivity (Wildman–Crippen MR) is 178 cm³/mol. The van der Waals surface area contributed by atoms with Gasteiger partial charge in [-0.15, -0.1) is 0 Å². The van der Waals surface area contributed by atoms with Crippen molar-refractivity contribution in [2.45, 2.75) is 158 Å². The Morgan fingerprint density at radius 2 is 0.878 bits per heavy atom. The van der Waals surface area contributed by atoms with Gasteiger partial charge in [-0.2, -0.15) is 8.78 Å². The van der Waals surface area contributed by atoms with Crippen LogP contribution in [0, 0.1) is 34.0 Å². The second-order valence-corrected chi connectivity index (χ2v) is 16.3. The van der Waals surface area contributed by atoms with Crippen LogP contribution in [0.5, 0.6) is 0 Å². The quantitative estimate of drug-likeness (QED) is 0.0761. The first kappa shape index (κ1) is 44.6. The summed E-state index contributed by atoms with van der Waals surface area (Å²) in [6.07, 6.45) is 9.29. The van der Waals surface area contributed by atoms with Gasteiger partial charge in [0.2, 0.25) is 5.92 Å². The summed E-state index contributed by atoms with van der Waals surface area (Å²) in [7, 11) is 0. The van der Waals surface area contributed by atoms with E-state index in [1.165, 1.54) is 19.3 Å². The Morgan fingerprint density at radius 1 is 0.551 bits per heavy atom. The lowest BCUT2D eigenvalue weighted by atomic mass is 9.54. The smallest absolute Gasteiger partial charge is 0.376 e. The molecule has 0 radical (unpaired) electrons. The minimum absolute atomic E-state index is 0.0342. The molecule has 4 saturated carbocycles. The van der Waals surface area contributed by atoms with Gasteiger partial charge in [0.25, 0.3) is 0 Å². The Labute approximate surface area is 291 Å². The normalized spacial score (nSPS) is 23.3. The van der Waals surface area contributed by atoms with Crippen LogP contribution >= 0.6 is 0 Å². The zero-order valence-corrected chi connectivity index (χ0v) is 31.7. The number of halogens is 4. The van der Waals surface area contributed by atoms with Gasteiger partial charge in [0, 0.05) is 13.3 Å². The van der Waals surface area contributed by atoms with E-state index in [-0.39, 0.29) is 36.8 Å². The Balaban J connectivity index is 0.000000372. The molecule has 0 aliphatic heterocycles. The first-order chi connectivity index (χ1) is 22.2. The van der Waals surface area contributed by atoms with Crippen LogP contribution in [0.3, 0.4) is 0 Å². The second-order valence-electron chi connectivity index (χ2n) is 16.3. The van der Waals surface area contributed by atoms with Crippen LogP contribution in [0.2, 0.25) is 0 Å². The Kier molecular flexibility index (Phi) is 16.1. The number of rotatable bonds is 14. The first-order valence-corrected chi connectivity index (χ1v) is 17.7. The second kappa shape index (κ2) is 17.7. The molecule has 0 aromatic rings. The SMILES string of the molecule is CCC(C)(C)C(=O)OC12CC3CC(CC(C3)C1)C2.CCC(C)(C)C(=O)OCCC(C)(F)F.CCC(C)(C)C(=O)OCCOC(=O)C(C)(F)F. The molecule has 0 N–H and O–H groups in total. The summed E-state index contributed by atoms with van der Waals surface area (Å²) in [5, 5.41) is 0. The van der Waals surface area contributed by atoms with Gasteiger partial charge >= 0.3 is 29.8 Å². The molecule has 4 aliphatic rings. The van der Waals surface area contributed by atoms with Gasteiger partial charge < -0.3 is 18.9 Å². The van der Waals surface area contributed by atoms with E-state index >= 15 is 0 Å². The third-order valence-corrected chi connectivity index (χ3v) is 10.3. The van der Waals surface area contributed by atoms with Crippen molar-refractivity contribution in [3.63, 3.8) is 0 Å². The number of ether oxygens (including phenoxy) is 4. The molecule has 0 atom stereocenters. The molecule has 0 amide bonds. The van der Waals surface area contributed by atoms with Gasteiger partial charge in [0.05, 0.1) is 22.9 Å². The monoisotopic (exact) mass is 710 g/mol. The Bertz CT molecular complexity index is 1070. The molecular formula is C37H62F4O8. The van der Waals surface area contributed by atoms with Crippen molar-refractivity contribution in [2.75, 3.05) is 19.8 Å². The fraction of sp³-hybridized carbons (Fsp3) is 0.892. The number of carbonyl (C=O) groups is 4. The van der Waals surface area contributed by atoms with E-state index in [1.807, 2.05) is 27.7 Å². The lowest BCUT2D eigenvalue weighted by Crippen LogP contribution is -2.53. The van der Waals surface area contributed by atoms with E-state index in [2.05, 4.69) is 11.7 Å². The minimum Gasteiger partial charge on any atom is -0.465 e. The standard InChI is InChI=1S/C16H26O2.C11H18F2O4.C10H18F2O2/c1-4-15(2,3)14(17)18-16-8-11-5-12(9-16)7-13(6-11)10-16;1-5-10(2,3)8(14)16-6-7-17-9(15)11(4,12)13;1-5-9(2,3)8(13)14-7-6-10(4,11)12/h11-13H,4-10H2,1-3H3;5-7H2,1-4H3;5-7H2,1-4H3. The molecule has 4 aliphatic carbocycles. The average Bonchev–Trinajstić information content (AvgIpc) is 2.97. The maximum atomic E-state index is 12.4. The van der Waals surface area contributed by atoms with Gasteiger partial charge in [-0.25, -0.2) is 13.6 Å². The van der Waals surface area contributed by atoms with E-state index < -0.39 is 47.0 Å². The summed E-state index contributed by atoms with van der Waals surface area (Å²) in [6.45, 7) is 17.1. The number of carbonyl (C=O) groups excluding carboxylic acids is 4. The maximum absolute atomic E-state index is 12.4. The molecule has 0 spiro atoms. The summed E-state index contributed by atoms with van der Waals surface area (Å²) in [4.78, 5) is 45.7. The van der Waals surface area contributed by atoms with Gasteiger partial charge in [0.1, 0.15) is 18.8 Å². The summed E-state index contributed by atoms with van der Waals surface area (Å²) in [5.41, 5.74) is -1.59. The maximum Gasteiger partial charge on any atom is 0.376 e. The molecule has 0 aromatic heterocycles. The molecule has 4 bridgehead atoms. The number of hydrogen-bond donors (Lipinski definition) is 0. The van der Waals surface area contributed by atoms with Crippen LogP contribution < -0.4 is 0 Å². The highest BCUT2D eigenvalue weighted by molar-refractivity contribution is 5.77. The topological polar surface area (TPSA) is 105 Å². The molecule has 0 aromatic carbocycles. The van der Waals surface area contributed by atoms with Gasteiger partial charge in [-0.3, -0.25) is 14.4 Å². The fourth-order valence-electron chi connectivity index (χ4n) is 6.03. The van der Waals surface area contributed by atoms with E-state index in [9.17, 15) is 36.7 Å².